The first-order valence-electron chi connectivity index (χ1n) is 11.6. The van der Waals surface area contributed by atoms with Crippen molar-refractivity contribution < 1.29 is 8.83 Å². The van der Waals surface area contributed by atoms with Crippen molar-refractivity contribution in [1.82, 2.24) is 4.98 Å². The quantitative estimate of drug-likeness (QED) is 0.267. The topological polar surface area (TPSA) is 42.4 Å². The van der Waals surface area contributed by atoms with E-state index in [0.29, 0.717) is 5.89 Å². The molecule has 166 valence electrons. The van der Waals surface area contributed by atoms with E-state index in [2.05, 4.69) is 65.6 Å². The number of benzene rings is 5. The van der Waals surface area contributed by atoms with E-state index in [9.17, 15) is 0 Å². The fourth-order valence-electron chi connectivity index (χ4n) is 4.72. The van der Waals surface area contributed by atoms with E-state index in [1.807, 2.05) is 60.7 Å². The van der Waals surface area contributed by atoms with Gasteiger partial charge < -0.3 is 13.7 Å². The third-order valence-corrected chi connectivity index (χ3v) is 6.29. The molecule has 35 heavy (non-hydrogen) atoms. The Labute approximate surface area is 201 Å². The Morgan fingerprint density at radius 3 is 1.94 bits per heavy atom. The lowest BCUT2D eigenvalue weighted by molar-refractivity contribution is 0.620. The first kappa shape index (κ1) is 19.6. The number of anilines is 3. The highest BCUT2D eigenvalue weighted by Gasteiger charge is 2.19. The van der Waals surface area contributed by atoms with Crippen LogP contribution in [0.3, 0.4) is 0 Å². The Morgan fingerprint density at radius 2 is 1.20 bits per heavy atom. The third kappa shape index (κ3) is 3.27. The number of hydrogen-bond acceptors (Lipinski definition) is 4. The first-order valence-corrected chi connectivity index (χ1v) is 11.6. The summed E-state index contributed by atoms with van der Waals surface area (Å²) in [4.78, 5) is 7.00. The fourth-order valence-corrected chi connectivity index (χ4v) is 4.72. The molecule has 0 saturated carbocycles. The number of fused-ring (bicyclic) bond motifs is 4. The fraction of sp³-hybridized carbons (Fsp3) is 0. The van der Waals surface area contributed by atoms with Crippen LogP contribution in [-0.4, -0.2) is 4.98 Å². The lowest BCUT2D eigenvalue weighted by atomic mass is 10.1. The monoisotopic (exact) mass is 452 g/mol. The molecule has 4 nitrogen and oxygen atoms in total. The van der Waals surface area contributed by atoms with Gasteiger partial charge in [0.05, 0.1) is 0 Å². The van der Waals surface area contributed by atoms with Crippen LogP contribution in [0.1, 0.15) is 0 Å². The van der Waals surface area contributed by atoms with Crippen LogP contribution >= 0.6 is 0 Å². The van der Waals surface area contributed by atoms with Gasteiger partial charge in [-0.15, -0.1) is 0 Å². The first-order chi connectivity index (χ1) is 17.3. The molecule has 2 aromatic heterocycles. The summed E-state index contributed by atoms with van der Waals surface area (Å²) in [5.41, 5.74) is 7.39. The minimum Gasteiger partial charge on any atom is -0.456 e. The molecule has 0 saturated heterocycles. The zero-order valence-corrected chi connectivity index (χ0v) is 18.8. The second kappa shape index (κ2) is 7.89. The van der Waals surface area contributed by atoms with E-state index in [1.165, 1.54) is 0 Å². The van der Waals surface area contributed by atoms with Crippen molar-refractivity contribution in [3.63, 3.8) is 0 Å². The van der Waals surface area contributed by atoms with E-state index in [1.54, 1.807) is 0 Å². The average molecular weight is 453 g/mol. The van der Waals surface area contributed by atoms with E-state index in [4.69, 9.17) is 13.8 Å². The minimum atomic E-state index is 0.591. The van der Waals surface area contributed by atoms with E-state index < -0.39 is 0 Å². The van der Waals surface area contributed by atoms with Gasteiger partial charge in [-0.3, -0.25) is 0 Å². The zero-order valence-electron chi connectivity index (χ0n) is 18.8. The molecule has 5 aromatic carbocycles. The molecule has 0 fully saturated rings. The Kier molecular flexibility index (Phi) is 4.42. The number of para-hydroxylation sites is 4. The van der Waals surface area contributed by atoms with E-state index >= 15 is 0 Å². The molecule has 7 rings (SSSR count). The van der Waals surface area contributed by atoms with Crippen LogP contribution in [0.15, 0.2) is 130 Å². The SMILES string of the molecule is c1ccc(N(c2ccccc2)c2ccc3oc4cccc(-c5nc6ccccc6o5)c4c3c2)cc1. The highest BCUT2D eigenvalue weighted by Crippen LogP contribution is 2.41. The Morgan fingerprint density at radius 1 is 0.514 bits per heavy atom. The van der Waals surface area contributed by atoms with Crippen molar-refractivity contribution in [2.24, 2.45) is 0 Å². The number of rotatable bonds is 4. The van der Waals surface area contributed by atoms with Gasteiger partial charge in [0.25, 0.3) is 0 Å². The van der Waals surface area contributed by atoms with Crippen molar-refractivity contribution in [3.8, 4) is 11.5 Å². The molecule has 0 aliphatic rings. The van der Waals surface area contributed by atoms with Crippen molar-refractivity contribution in [1.29, 1.82) is 0 Å². The Balaban J connectivity index is 1.47. The molecule has 4 heteroatoms. The molecule has 2 heterocycles. The van der Waals surface area contributed by atoms with Gasteiger partial charge in [-0.1, -0.05) is 54.6 Å². The number of oxazole rings is 1. The number of aromatic nitrogens is 1. The molecule has 0 N–H and O–H groups in total. The highest BCUT2D eigenvalue weighted by molar-refractivity contribution is 6.13. The maximum Gasteiger partial charge on any atom is 0.228 e. The van der Waals surface area contributed by atoms with Gasteiger partial charge in [0.1, 0.15) is 16.7 Å². The van der Waals surface area contributed by atoms with Gasteiger partial charge in [0.2, 0.25) is 5.89 Å². The summed E-state index contributed by atoms with van der Waals surface area (Å²) in [6.45, 7) is 0. The summed E-state index contributed by atoms with van der Waals surface area (Å²) < 4.78 is 12.4. The van der Waals surface area contributed by atoms with Gasteiger partial charge in [0, 0.05) is 33.4 Å². The van der Waals surface area contributed by atoms with Gasteiger partial charge >= 0.3 is 0 Å². The molecular formula is C31H20N2O2. The van der Waals surface area contributed by atoms with Crippen LogP contribution in [0.5, 0.6) is 0 Å². The maximum atomic E-state index is 6.25. The highest BCUT2D eigenvalue weighted by atomic mass is 16.3. The van der Waals surface area contributed by atoms with E-state index in [0.717, 1.165) is 55.7 Å². The van der Waals surface area contributed by atoms with Crippen LogP contribution in [0.2, 0.25) is 0 Å². The van der Waals surface area contributed by atoms with Crippen molar-refractivity contribution >= 4 is 50.1 Å². The standard InChI is InChI=1S/C31H20N2O2/c1-3-10-21(11-4-1)33(22-12-5-2-6-13-22)23-18-19-27-25(20-23)30-24(14-9-17-29(30)34-27)31-32-26-15-7-8-16-28(26)35-31/h1-20H. The normalized spacial score (nSPS) is 11.4. The molecular weight excluding hydrogens is 432 g/mol. The van der Waals surface area contributed by atoms with Crippen LogP contribution in [-0.2, 0) is 0 Å². The largest absolute Gasteiger partial charge is 0.456 e. The molecule has 0 amide bonds. The van der Waals surface area contributed by atoms with Gasteiger partial charge in [-0.05, 0) is 66.7 Å². The minimum absolute atomic E-state index is 0.591. The van der Waals surface area contributed by atoms with E-state index in [-0.39, 0.29) is 0 Å². The number of hydrogen-bond donors (Lipinski definition) is 0. The molecule has 0 radical (unpaired) electrons. The van der Waals surface area contributed by atoms with Crippen LogP contribution in [0.25, 0.3) is 44.5 Å². The van der Waals surface area contributed by atoms with Crippen LogP contribution < -0.4 is 4.90 Å². The summed E-state index contributed by atoms with van der Waals surface area (Å²) in [6, 6.07) is 41.0. The predicted molar refractivity (Wildman–Crippen MR) is 141 cm³/mol. The third-order valence-electron chi connectivity index (χ3n) is 6.29. The molecule has 0 spiro atoms. The van der Waals surface area contributed by atoms with Gasteiger partial charge in [-0.2, -0.15) is 0 Å². The second-order valence-electron chi connectivity index (χ2n) is 8.45. The van der Waals surface area contributed by atoms with Crippen LogP contribution in [0.4, 0.5) is 17.1 Å². The van der Waals surface area contributed by atoms with Crippen molar-refractivity contribution in [3.05, 3.63) is 121 Å². The summed E-state index contributed by atoms with van der Waals surface area (Å²) in [5.74, 6) is 0.591. The summed E-state index contributed by atoms with van der Waals surface area (Å²) in [7, 11) is 0. The Bertz CT molecular complexity index is 1730. The van der Waals surface area contributed by atoms with Gasteiger partial charge in [-0.25, -0.2) is 4.98 Å². The van der Waals surface area contributed by atoms with Gasteiger partial charge in [0.15, 0.2) is 5.58 Å². The smallest absolute Gasteiger partial charge is 0.228 e. The average Bonchev–Trinajstić information content (AvgIpc) is 3.51. The summed E-state index contributed by atoms with van der Waals surface area (Å²) >= 11 is 0. The molecule has 0 aliphatic carbocycles. The zero-order chi connectivity index (χ0) is 23.2. The van der Waals surface area contributed by atoms with Crippen molar-refractivity contribution in [2.45, 2.75) is 0 Å². The number of nitrogens with zero attached hydrogens (tertiary/aromatic N) is 2. The van der Waals surface area contributed by atoms with Crippen molar-refractivity contribution in [2.75, 3.05) is 4.90 Å². The second-order valence-corrected chi connectivity index (χ2v) is 8.45. The van der Waals surface area contributed by atoms with Crippen LogP contribution in [0, 0.1) is 0 Å². The Hall–Kier alpha value is -4.83. The predicted octanol–water partition coefficient (Wildman–Crippen LogP) is 8.86. The summed E-state index contributed by atoms with van der Waals surface area (Å²) in [6.07, 6.45) is 0. The molecule has 0 unspecified atom stereocenters. The molecule has 0 atom stereocenters. The lowest BCUT2D eigenvalue weighted by Gasteiger charge is -2.25. The molecule has 0 aliphatic heterocycles. The lowest BCUT2D eigenvalue weighted by Crippen LogP contribution is -2.09. The molecule has 0 bridgehead atoms. The summed E-state index contributed by atoms with van der Waals surface area (Å²) in [5, 5.41) is 2.02. The maximum absolute atomic E-state index is 6.25. The molecule has 7 aromatic rings. The number of furan rings is 1.